The van der Waals surface area contributed by atoms with Crippen LogP contribution in [0.1, 0.15) is 79.0 Å². The third-order valence-electron chi connectivity index (χ3n) is 11.1. The molecule has 0 bridgehead atoms. The van der Waals surface area contributed by atoms with E-state index in [4.69, 9.17) is 14.7 Å². The zero-order valence-electron chi connectivity index (χ0n) is 35.7. The zero-order chi connectivity index (χ0) is 41.3. The fourth-order valence-electron chi connectivity index (χ4n) is 7.73. The van der Waals surface area contributed by atoms with Crippen molar-refractivity contribution >= 4 is 32.8 Å². The van der Waals surface area contributed by atoms with Crippen molar-refractivity contribution in [3.8, 4) is 39.9 Å². The number of imidazole rings is 1. The summed E-state index contributed by atoms with van der Waals surface area (Å²) in [4.78, 5) is 9.92. The zero-order valence-corrected chi connectivity index (χ0v) is 37.9. The third kappa shape index (κ3) is 7.58. The van der Waals surface area contributed by atoms with E-state index >= 15 is 0 Å². The Morgan fingerprint density at radius 2 is 1.23 bits per heavy atom. The van der Waals surface area contributed by atoms with Gasteiger partial charge in [-0.05, 0) is 86.2 Å². The second-order valence-electron chi connectivity index (χ2n) is 18.5. The maximum Gasteiger partial charge on any atom is 0.268 e. The Morgan fingerprint density at radius 1 is 0.583 bits per heavy atom. The molecular weight excluding hydrogens is 918 g/mol. The minimum atomic E-state index is -0.0415. The van der Waals surface area contributed by atoms with E-state index in [0.717, 1.165) is 61.3 Å². The number of fused-ring (bicyclic) bond motifs is 4. The number of ether oxygens (including phenoxy) is 1. The quantitative estimate of drug-likeness (QED) is 0.123. The monoisotopic (exact) mass is 966 g/mol. The van der Waals surface area contributed by atoms with Crippen LogP contribution in [0.3, 0.4) is 0 Å². The predicted octanol–water partition coefficient (Wildman–Crippen LogP) is 12.5. The van der Waals surface area contributed by atoms with Gasteiger partial charge in [-0.1, -0.05) is 152 Å². The number of nitrogens with zero attached hydrogens (tertiary/aromatic N) is 5. The van der Waals surface area contributed by atoms with E-state index in [1.54, 1.807) is 6.20 Å². The maximum absolute atomic E-state index is 6.67. The van der Waals surface area contributed by atoms with Crippen molar-refractivity contribution in [3.63, 3.8) is 0 Å². The third-order valence-corrected chi connectivity index (χ3v) is 11.1. The molecule has 4 heterocycles. The summed E-state index contributed by atoms with van der Waals surface area (Å²) in [5.74, 6) is 1.86. The molecule has 60 heavy (non-hydrogen) atoms. The van der Waals surface area contributed by atoms with Crippen molar-refractivity contribution in [2.75, 3.05) is 0 Å². The van der Waals surface area contributed by atoms with Gasteiger partial charge >= 0.3 is 0 Å². The van der Waals surface area contributed by atoms with Gasteiger partial charge in [0.1, 0.15) is 5.82 Å². The molecule has 0 aliphatic carbocycles. The van der Waals surface area contributed by atoms with Gasteiger partial charge in [0.25, 0.3) is 6.33 Å². The fraction of sp³-hybridized carbons (Fsp3) is 0.226. The number of aromatic nitrogens is 5. The van der Waals surface area contributed by atoms with Crippen LogP contribution >= 0.6 is 0 Å². The van der Waals surface area contributed by atoms with Crippen LogP contribution in [0.25, 0.3) is 61.3 Å². The summed E-state index contributed by atoms with van der Waals surface area (Å²) in [5, 5.41) is 2.20. The molecule has 0 saturated heterocycles. The molecule has 0 N–H and O–H groups in total. The molecule has 6 nitrogen and oxygen atoms in total. The standard InChI is InChI=1S/C53H49N5O.Pt/c1-51(2,3)36-25-26-54-49(30-36)58-44-20-14-13-19-42(44)43-24-23-40(31-47(43)58)59-41-32-48(50(55-33-41)35-17-11-10-12-18-35)57-34-56(45-21-15-16-22-46(45)57)39-28-37(52(4,5)6)27-38(29-39)53(7,8)9;/h10-30,33H,1-9H3;/q-2;. The van der Waals surface area contributed by atoms with Crippen LogP contribution in [-0.2, 0) is 37.3 Å². The Morgan fingerprint density at radius 3 is 1.93 bits per heavy atom. The van der Waals surface area contributed by atoms with Gasteiger partial charge in [-0.15, -0.1) is 23.6 Å². The Hall–Kier alpha value is -5.84. The molecule has 0 amide bonds. The SMILES string of the molecule is CC(C)(C)c1cc(-[n+]2[c-]n(-c3[c-]c(Oc4[c-]c5c(cc4)c4ccccc4n5-c4cc(C(C)(C)C)ccn4)cnc3-c3ccccc3)c3ccccc32)cc(C(C)(C)C)c1.[Pt]. The molecule has 5 aromatic carbocycles. The Bertz CT molecular complexity index is 3000. The van der Waals surface area contributed by atoms with Gasteiger partial charge in [0, 0.05) is 44.3 Å². The van der Waals surface area contributed by atoms with E-state index in [9.17, 15) is 0 Å². The van der Waals surface area contributed by atoms with Gasteiger partial charge in [-0.2, -0.15) is 6.07 Å². The molecule has 0 radical (unpaired) electrons. The van der Waals surface area contributed by atoms with Gasteiger partial charge in [0.15, 0.2) is 0 Å². The van der Waals surface area contributed by atoms with Crippen LogP contribution in [-0.4, -0.2) is 19.1 Å². The molecule has 0 aliphatic rings. The molecule has 9 rings (SSSR count). The topological polar surface area (TPSA) is 48.8 Å². The summed E-state index contributed by atoms with van der Waals surface area (Å²) in [7, 11) is 0. The van der Waals surface area contributed by atoms with Gasteiger partial charge in [0.2, 0.25) is 0 Å². The van der Waals surface area contributed by atoms with Crippen LogP contribution in [0.15, 0.2) is 134 Å². The average Bonchev–Trinajstić information content (AvgIpc) is 3.76. The summed E-state index contributed by atoms with van der Waals surface area (Å²) in [6.45, 7) is 20.3. The van der Waals surface area contributed by atoms with Crippen molar-refractivity contribution < 1.29 is 30.4 Å². The largest absolute Gasteiger partial charge is 0.508 e. The Kier molecular flexibility index (Phi) is 10.4. The summed E-state index contributed by atoms with van der Waals surface area (Å²) >= 11 is 0. The molecule has 4 aromatic heterocycles. The summed E-state index contributed by atoms with van der Waals surface area (Å²) < 4.78 is 13.1. The van der Waals surface area contributed by atoms with Crippen LogP contribution in [0.2, 0.25) is 0 Å². The van der Waals surface area contributed by atoms with Crippen molar-refractivity contribution in [2.24, 2.45) is 0 Å². The van der Waals surface area contributed by atoms with Gasteiger partial charge in [-0.25, -0.2) is 4.98 Å². The molecule has 9 aromatic rings. The van der Waals surface area contributed by atoms with Crippen molar-refractivity contribution in [1.82, 2.24) is 19.1 Å². The van der Waals surface area contributed by atoms with E-state index < -0.39 is 0 Å². The van der Waals surface area contributed by atoms with E-state index in [0.29, 0.717) is 11.5 Å². The molecule has 0 spiro atoms. The van der Waals surface area contributed by atoms with Gasteiger partial charge < -0.3 is 18.9 Å². The average molecular weight is 967 g/mol. The Balaban J connectivity index is 0.00000499. The summed E-state index contributed by atoms with van der Waals surface area (Å²) in [6, 6.07) is 49.6. The van der Waals surface area contributed by atoms with E-state index in [1.807, 2.05) is 30.5 Å². The molecule has 0 atom stereocenters. The number of hydrogen-bond acceptors (Lipinski definition) is 3. The van der Waals surface area contributed by atoms with Crippen LogP contribution in [0.5, 0.6) is 11.5 Å². The number of hydrogen-bond donors (Lipinski definition) is 0. The normalized spacial score (nSPS) is 12.3. The molecule has 0 aliphatic heterocycles. The second kappa shape index (κ2) is 15.3. The van der Waals surface area contributed by atoms with Gasteiger partial charge in [-0.3, -0.25) is 4.57 Å². The van der Waals surface area contributed by atoms with E-state index in [-0.39, 0.29) is 37.3 Å². The first-order valence-electron chi connectivity index (χ1n) is 20.3. The van der Waals surface area contributed by atoms with E-state index in [2.05, 4.69) is 192 Å². The second-order valence-corrected chi connectivity index (χ2v) is 18.5. The molecule has 7 heteroatoms. The van der Waals surface area contributed by atoms with Crippen LogP contribution in [0.4, 0.5) is 0 Å². The van der Waals surface area contributed by atoms with Gasteiger partial charge in [0.05, 0.1) is 16.7 Å². The van der Waals surface area contributed by atoms with Crippen molar-refractivity contribution in [3.05, 3.63) is 169 Å². The molecule has 304 valence electrons. The first-order chi connectivity index (χ1) is 28.1. The molecule has 0 fully saturated rings. The number of benzene rings is 5. The first-order valence-corrected chi connectivity index (χ1v) is 20.3. The number of rotatable bonds is 6. The Labute approximate surface area is 367 Å². The predicted molar refractivity (Wildman–Crippen MR) is 239 cm³/mol. The minimum Gasteiger partial charge on any atom is -0.508 e. The summed E-state index contributed by atoms with van der Waals surface area (Å²) in [5.41, 5.74) is 11.1. The minimum absolute atomic E-state index is 0. The molecular formula is C53H49N5OPt-2. The summed E-state index contributed by atoms with van der Waals surface area (Å²) in [6.07, 6.45) is 7.39. The fourth-order valence-corrected chi connectivity index (χ4v) is 7.73. The van der Waals surface area contributed by atoms with Crippen molar-refractivity contribution in [1.29, 1.82) is 0 Å². The first kappa shape index (κ1) is 40.9. The van der Waals surface area contributed by atoms with E-state index in [1.165, 1.54) is 16.7 Å². The maximum atomic E-state index is 6.67. The van der Waals surface area contributed by atoms with Crippen LogP contribution in [0, 0.1) is 18.5 Å². The number of pyridine rings is 2. The van der Waals surface area contributed by atoms with Crippen LogP contribution < -0.4 is 9.30 Å². The molecule has 0 saturated carbocycles. The number of para-hydroxylation sites is 3. The smallest absolute Gasteiger partial charge is 0.268 e. The molecule has 0 unspecified atom stereocenters. The van der Waals surface area contributed by atoms with Crippen molar-refractivity contribution in [2.45, 2.75) is 78.6 Å².